The Kier molecular flexibility index (Phi) is 7.15. The third-order valence-corrected chi connectivity index (χ3v) is 10.9. The monoisotopic (exact) mass is 560 g/mol. The average Bonchev–Trinajstić information content (AvgIpc) is 3.61. The number of carbonyl (C=O) groups is 1. The summed E-state index contributed by atoms with van der Waals surface area (Å²) in [7, 11) is -3.85. The van der Waals surface area contributed by atoms with E-state index in [0.29, 0.717) is 22.3 Å². The summed E-state index contributed by atoms with van der Waals surface area (Å²) in [5, 5.41) is 0.551. The van der Waals surface area contributed by atoms with Gasteiger partial charge in [0.2, 0.25) is 5.91 Å². The first-order valence-corrected chi connectivity index (χ1v) is 15.1. The van der Waals surface area contributed by atoms with Gasteiger partial charge in [0.05, 0.1) is 21.1 Å². The first kappa shape index (κ1) is 25.3. The van der Waals surface area contributed by atoms with Crippen molar-refractivity contribution in [2.45, 2.75) is 49.4 Å². The molecule has 1 aromatic carbocycles. The van der Waals surface area contributed by atoms with Crippen molar-refractivity contribution < 1.29 is 13.2 Å². The maximum atomic E-state index is 14.1. The molecule has 0 bridgehead atoms. The quantitative estimate of drug-likeness (QED) is 0.280. The van der Waals surface area contributed by atoms with Crippen LogP contribution in [0.5, 0.6) is 0 Å². The molecule has 1 unspecified atom stereocenters. The van der Waals surface area contributed by atoms with Crippen LogP contribution in [0.15, 0.2) is 59.1 Å². The van der Waals surface area contributed by atoms with Crippen molar-refractivity contribution in [2.24, 2.45) is 0 Å². The number of para-hydroxylation sites is 1. The van der Waals surface area contributed by atoms with Crippen LogP contribution < -0.4 is 4.90 Å². The average molecular weight is 561 g/mol. The molecule has 1 fully saturated rings. The molecule has 1 aliphatic heterocycles. The van der Waals surface area contributed by atoms with E-state index in [1.165, 1.54) is 21.7 Å². The molecule has 4 heterocycles. The molecule has 0 spiro atoms. The summed E-state index contributed by atoms with van der Waals surface area (Å²) in [4.78, 5) is 24.8. The molecule has 4 aromatic rings. The lowest BCUT2D eigenvalue weighted by molar-refractivity contribution is -0.121. The molecule has 1 amide bonds. The molecular weight excluding hydrogens is 536 g/mol. The molecule has 188 valence electrons. The number of nitrogens with zero attached hydrogens (tertiary/aromatic N) is 4. The van der Waals surface area contributed by atoms with Crippen LogP contribution in [-0.4, -0.2) is 41.2 Å². The van der Waals surface area contributed by atoms with Gasteiger partial charge in [0.25, 0.3) is 10.0 Å². The van der Waals surface area contributed by atoms with E-state index < -0.39 is 16.1 Å². The molecule has 0 aliphatic carbocycles. The molecule has 1 atom stereocenters. The second kappa shape index (κ2) is 10.2. The number of hydrogen-bond acceptors (Lipinski definition) is 7. The van der Waals surface area contributed by atoms with Crippen LogP contribution in [0.3, 0.4) is 0 Å². The lowest BCUT2D eigenvalue weighted by Gasteiger charge is -2.28. The van der Waals surface area contributed by atoms with Crippen molar-refractivity contribution in [3.63, 3.8) is 0 Å². The predicted octanol–water partition coefficient (Wildman–Crippen LogP) is 5.92. The summed E-state index contributed by atoms with van der Waals surface area (Å²) in [5.74, 6) is -0.00746. The summed E-state index contributed by atoms with van der Waals surface area (Å²) in [6.45, 7) is 4.76. The molecule has 7 nitrogen and oxygen atoms in total. The molecule has 11 heteroatoms. The standard InChI is InChI=1S/C25H25ClN4O3S3/c1-16(2)18-7-3-9-20-23(18)28-25(34-20)29(15-17-6-4-12-27-14-17)24(31)19-8-5-13-30(19)36(32,33)22-11-10-21(26)35-22/h3-4,6-7,9-12,14,16,19H,5,8,13,15H2,1-2H3. The van der Waals surface area contributed by atoms with Gasteiger partial charge in [0.15, 0.2) is 5.13 Å². The van der Waals surface area contributed by atoms with E-state index >= 15 is 0 Å². The SMILES string of the molecule is CC(C)c1cccc2sc(N(Cc3cccnc3)C(=O)C3CCCN3S(=O)(=O)c3ccc(Cl)s3)nc12. The Morgan fingerprint density at radius 3 is 2.72 bits per heavy atom. The molecule has 0 radical (unpaired) electrons. The van der Waals surface area contributed by atoms with Crippen LogP contribution in [0.1, 0.15) is 43.7 Å². The van der Waals surface area contributed by atoms with Gasteiger partial charge in [-0.25, -0.2) is 13.4 Å². The highest BCUT2D eigenvalue weighted by atomic mass is 35.5. The maximum absolute atomic E-state index is 14.1. The minimum Gasteiger partial charge on any atom is -0.282 e. The largest absolute Gasteiger partial charge is 0.282 e. The fraction of sp³-hybridized carbons (Fsp3) is 0.320. The molecule has 0 saturated carbocycles. The normalized spacial score (nSPS) is 16.7. The van der Waals surface area contributed by atoms with E-state index in [1.54, 1.807) is 23.4 Å². The number of carbonyl (C=O) groups excluding carboxylic acids is 1. The summed E-state index contributed by atoms with van der Waals surface area (Å²) in [5.41, 5.74) is 2.83. The van der Waals surface area contributed by atoms with Crippen LogP contribution in [-0.2, 0) is 21.4 Å². The Labute approximate surface area is 223 Å². The Hall–Kier alpha value is -2.37. The van der Waals surface area contributed by atoms with Crippen molar-refractivity contribution in [3.05, 3.63) is 70.3 Å². The van der Waals surface area contributed by atoms with E-state index in [0.717, 1.165) is 32.7 Å². The summed E-state index contributed by atoms with van der Waals surface area (Å²) in [6, 6.07) is 12.0. The summed E-state index contributed by atoms with van der Waals surface area (Å²) >= 11 is 8.46. The summed E-state index contributed by atoms with van der Waals surface area (Å²) in [6.07, 6.45) is 4.44. The van der Waals surface area contributed by atoms with Gasteiger partial charge in [-0.1, -0.05) is 55.0 Å². The summed E-state index contributed by atoms with van der Waals surface area (Å²) < 4.78 is 29.7. The molecule has 3 aromatic heterocycles. The minimum absolute atomic E-state index is 0.146. The topological polar surface area (TPSA) is 83.5 Å². The number of benzene rings is 1. The van der Waals surface area contributed by atoms with Crippen LogP contribution in [0.2, 0.25) is 4.34 Å². The number of thiazole rings is 1. The van der Waals surface area contributed by atoms with E-state index in [9.17, 15) is 13.2 Å². The molecule has 5 rings (SSSR count). The number of halogens is 1. The second-order valence-electron chi connectivity index (χ2n) is 8.96. The zero-order valence-corrected chi connectivity index (χ0v) is 23.0. The van der Waals surface area contributed by atoms with E-state index in [1.807, 2.05) is 24.3 Å². The molecule has 0 N–H and O–H groups in total. The van der Waals surface area contributed by atoms with Crippen LogP contribution in [0.25, 0.3) is 10.2 Å². The zero-order valence-electron chi connectivity index (χ0n) is 19.8. The molecule has 1 saturated heterocycles. The Morgan fingerprint density at radius 2 is 2.03 bits per heavy atom. The molecular formula is C25H25ClN4O3S3. The highest BCUT2D eigenvalue weighted by molar-refractivity contribution is 7.91. The highest BCUT2D eigenvalue weighted by Gasteiger charge is 2.42. The number of hydrogen-bond donors (Lipinski definition) is 0. The first-order valence-electron chi connectivity index (χ1n) is 11.6. The molecule has 36 heavy (non-hydrogen) atoms. The molecule has 1 aliphatic rings. The fourth-order valence-corrected chi connectivity index (χ4v) is 8.73. The van der Waals surface area contributed by atoms with Crippen LogP contribution in [0, 0.1) is 0 Å². The second-order valence-corrected chi connectivity index (χ2v) is 13.8. The van der Waals surface area contributed by atoms with E-state index in [4.69, 9.17) is 16.6 Å². The van der Waals surface area contributed by atoms with Gasteiger partial charge >= 0.3 is 0 Å². The number of thiophene rings is 1. The third-order valence-electron chi connectivity index (χ3n) is 6.22. The lowest BCUT2D eigenvalue weighted by Crippen LogP contribution is -2.47. The van der Waals surface area contributed by atoms with Crippen molar-refractivity contribution in [3.8, 4) is 0 Å². The first-order chi connectivity index (χ1) is 17.3. The maximum Gasteiger partial charge on any atom is 0.253 e. The number of fused-ring (bicyclic) bond motifs is 1. The van der Waals surface area contributed by atoms with Crippen molar-refractivity contribution >= 4 is 65.6 Å². The number of aromatic nitrogens is 2. The Bertz CT molecular complexity index is 1500. The van der Waals surface area contributed by atoms with Gasteiger partial charge in [-0.15, -0.1) is 11.3 Å². The number of rotatable bonds is 7. The van der Waals surface area contributed by atoms with Crippen LogP contribution >= 0.6 is 34.3 Å². The fourth-order valence-electron chi connectivity index (χ4n) is 4.46. The smallest absolute Gasteiger partial charge is 0.253 e. The van der Waals surface area contributed by atoms with Gasteiger partial charge < -0.3 is 0 Å². The van der Waals surface area contributed by atoms with Gasteiger partial charge in [-0.3, -0.25) is 14.7 Å². The van der Waals surface area contributed by atoms with Crippen molar-refractivity contribution in [2.75, 3.05) is 11.4 Å². The third kappa shape index (κ3) is 4.80. The van der Waals surface area contributed by atoms with Gasteiger partial charge in [0.1, 0.15) is 10.3 Å². The zero-order chi connectivity index (χ0) is 25.4. The van der Waals surface area contributed by atoms with E-state index in [-0.39, 0.29) is 29.1 Å². The van der Waals surface area contributed by atoms with Crippen molar-refractivity contribution in [1.29, 1.82) is 0 Å². The predicted molar refractivity (Wildman–Crippen MR) is 145 cm³/mol. The van der Waals surface area contributed by atoms with Gasteiger partial charge in [-0.05, 0) is 54.2 Å². The van der Waals surface area contributed by atoms with E-state index in [2.05, 4.69) is 24.9 Å². The van der Waals surface area contributed by atoms with Gasteiger partial charge in [-0.2, -0.15) is 4.31 Å². The lowest BCUT2D eigenvalue weighted by atomic mass is 10.0. The highest BCUT2D eigenvalue weighted by Crippen LogP contribution is 2.37. The number of sulfonamides is 1. The number of pyridine rings is 1. The Morgan fingerprint density at radius 1 is 1.19 bits per heavy atom. The Balaban J connectivity index is 1.55. The number of anilines is 1. The number of amides is 1. The van der Waals surface area contributed by atoms with Crippen molar-refractivity contribution in [1.82, 2.24) is 14.3 Å². The van der Waals surface area contributed by atoms with Crippen LogP contribution in [0.4, 0.5) is 5.13 Å². The minimum atomic E-state index is -3.85. The van der Waals surface area contributed by atoms with Gasteiger partial charge in [0, 0.05) is 18.9 Å².